The van der Waals surface area contributed by atoms with Crippen LogP contribution in [0.2, 0.25) is 0 Å². The average Bonchev–Trinajstić information content (AvgIpc) is 2.46. The number of benzene rings is 1. The molecular formula is C17H19F3O. The first kappa shape index (κ1) is 14.5. The van der Waals surface area contributed by atoms with Gasteiger partial charge >= 0.3 is 0 Å². The summed E-state index contributed by atoms with van der Waals surface area (Å²) in [7, 11) is 0. The minimum Gasteiger partial charge on any atom is -0.489 e. The first-order valence-electron chi connectivity index (χ1n) is 7.32. The second kappa shape index (κ2) is 4.79. The predicted octanol–water partition coefficient (Wildman–Crippen LogP) is 5.09. The van der Waals surface area contributed by atoms with Crippen LogP contribution < -0.4 is 4.74 Å². The summed E-state index contributed by atoms with van der Waals surface area (Å²) in [6.07, 6.45) is 4.86. The van der Waals surface area contributed by atoms with E-state index in [0.717, 1.165) is 25.7 Å². The normalized spacial score (nSPS) is 31.2. The van der Waals surface area contributed by atoms with Crippen LogP contribution in [0.25, 0.3) is 0 Å². The topological polar surface area (TPSA) is 9.23 Å². The van der Waals surface area contributed by atoms with Gasteiger partial charge in [-0.05, 0) is 50.3 Å². The molecule has 0 aromatic heterocycles. The molecule has 4 heteroatoms. The van der Waals surface area contributed by atoms with Gasteiger partial charge in [0.1, 0.15) is 5.83 Å². The summed E-state index contributed by atoms with van der Waals surface area (Å²) in [6.45, 7) is 3.63. The summed E-state index contributed by atoms with van der Waals surface area (Å²) >= 11 is 0. The number of rotatable bonds is 3. The molecule has 0 radical (unpaired) electrons. The largest absolute Gasteiger partial charge is 0.489 e. The maximum absolute atomic E-state index is 14.1. The first-order chi connectivity index (χ1) is 9.85. The van der Waals surface area contributed by atoms with Crippen molar-refractivity contribution in [1.82, 2.24) is 0 Å². The Kier molecular flexibility index (Phi) is 3.30. The van der Waals surface area contributed by atoms with Crippen LogP contribution in [0.1, 0.15) is 38.2 Å². The molecule has 0 spiro atoms. The van der Waals surface area contributed by atoms with Gasteiger partial charge in [-0.15, -0.1) is 0 Å². The molecule has 0 unspecified atom stereocenters. The molecule has 0 aliphatic heterocycles. The second-order valence-electron chi connectivity index (χ2n) is 6.71. The van der Waals surface area contributed by atoms with Gasteiger partial charge in [0.2, 0.25) is 5.82 Å². The molecule has 3 aliphatic carbocycles. The van der Waals surface area contributed by atoms with Crippen molar-refractivity contribution in [1.29, 1.82) is 0 Å². The standard InChI is InChI=1S/C17H19F3O/c1-11-3-4-12(15(20)14(11)19)21-10-17-7-5-16(2,6-8-17)13(18)9-17/h3-4,9H,5-8,10H2,1-2H3. The summed E-state index contributed by atoms with van der Waals surface area (Å²) in [6, 6.07) is 2.92. The van der Waals surface area contributed by atoms with Crippen molar-refractivity contribution >= 4 is 0 Å². The molecule has 2 bridgehead atoms. The van der Waals surface area contributed by atoms with Gasteiger partial charge in [-0.25, -0.2) is 8.78 Å². The smallest absolute Gasteiger partial charge is 0.200 e. The molecule has 0 atom stereocenters. The monoisotopic (exact) mass is 296 g/mol. The van der Waals surface area contributed by atoms with Gasteiger partial charge in [0, 0.05) is 10.8 Å². The quantitative estimate of drug-likeness (QED) is 0.755. The minimum absolute atomic E-state index is 0.0841. The maximum Gasteiger partial charge on any atom is 0.200 e. The second-order valence-corrected chi connectivity index (χ2v) is 6.71. The zero-order valence-electron chi connectivity index (χ0n) is 12.3. The molecule has 1 aromatic carbocycles. The van der Waals surface area contributed by atoms with Crippen LogP contribution in [-0.2, 0) is 0 Å². The average molecular weight is 296 g/mol. The van der Waals surface area contributed by atoms with Gasteiger partial charge < -0.3 is 4.74 Å². The van der Waals surface area contributed by atoms with Crippen LogP contribution in [0.15, 0.2) is 24.0 Å². The van der Waals surface area contributed by atoms with Crippen molar-refractivity contribution in [3.63, 3.8) is 0 Å². The van der Waals surface area contributed by atoms with E-state index < -0.39 is 11.6 Å². The molecule has 21 heavy (non-hydrogen) atoms. The third kappa shape index (κ3) is 2.34. The highest BCUT2D eigenvalue weighted by molar-refractivity contribution is 5.31. The van der Waals surface area contributed by atoms with Crippen LogP contribution in [0.3, 0.4) is 0 Å². The highest BCUT2D eigenvalue weighted by Crippen LogP contribution is 2.56. The van der Waals surface area contributed by atoms with Crippen LogP contribution in [-0.4, -0.2) is 6.61 Å². The van der Waals surface area contributed by atoms with E-state index in [-0.39, 0.29) is 34.6 Å². The van der Waals surface area contributed by atoms with Gasteiger partial charge in [-0.2, -0.15) is 4.39 Å². The van der Waals surface area contributed by atoms with E-state index in [0.29, 0.717) is 0 Å². The summed E-state index contributed by atoms with van der Waals surface area (Å²) < 4.78 is 46.9. The molecule has 114 valence electrons. The molecule has 0 N–H and O–H groups in total. The molecule has 1 fully saturated rings. The maximum atomic E-state index is 14.1. The van der Waals surface area contributed by atoms with E-state index in [4.69, 9.17) is 4.74 Å². The van der Waals surface area contributed by atoms with E-state index >= 15 is 0 Å². The number of halogens is 3. The van der Waals surface area contributed by atoms with E-state index in [1.165, 1.54) is 19.1 Å². The van der Waals surface area contributed by atoms with Crippen LogP contribution >= 0.6 is 0 Å². The lowest BCUT2D eigenvalue weighted by Gasteiger charge is -2.48. The van der Waals surface area contributed by atoms with Crippen molar-refractivity contribution < 1.29 is 17.9 Å². The highest BCUT2D eigenvalue weighted by atomic mass is 19.2. The molecule has 1 nitrogen and oxygen atoms in total. The van der Waals surface area contributed by atoms with Crippen LogP contribution in [0.5, 0.6) is 5.75 Å². The molecule has 0 saturated heterocycles. The Labute approximate surface area is 122 Å². The van der Waals surface area contributed by atoms with Crippen molar-refractivity contribution in [3.05, 3.63) is 41.2 Å². The summed E-state index contributed by atoms with van der Waals surface area (Å²) in [5.74, 6) is -2.03. The number of ether oxygens (including phenoxy) is 1. The van der Waals surface area contributed by atoms with Gasteiger partial charge in [0.15, 0.2) is 11.6 Å². The van der Waals surface area contributed by atoms with E-state index in [2.05, 4.69) is 0 Å². The van der Waals surface area contributed by atoms with Crippen LogP contribution in [0.4, 0.5) is 13.2 Å². The molecule has 1 aromatic rings. The third-order valence-electron chi connectivity index (χ3n) is 5.11. The summed E-state index contributed by atoms with van der Waals surface area (Å²) in [5.41, 5.74) is -0.464. The Morgan fingerprint density at radius 3 is 2.33 bits per heavy atom. The van der Waals surface area contributed by atoms with E-state index in [1.807, 2.05) is 6.92 Å². The zero-order chi connectivity index (χ0) is 15.3. The minimum atomic E-state index is -0.965. The van der Waals surface area contributed by atoms with Gasteiger partial charge in [-0.3, -0.25) is 0 Å². The number of fused-ring (bicyclic) bond motifs is 2. The lowest BCUT2D eigenvalue weighted by atomic mass is 9.58. The number of hydrogen-bond acceptors (Lipinski definition) is 1. The lowest BCUT2D eigenvalue weighted by Crippen LogP contribution is -2.41. The van der Waals surface area contributed by atoms with Crippen molar-refractivity contribution in [3.8, 4) is 5.75 Å². The van der Waals surface area contributed by atoms with Gasteiger partial charge in [-0.1, -0.05) is 13.0 Å². The lowest BCUT2D eigenvalue weighted by molar-refractivity contribution is 0.0550. The summed E-state index contributed by atoms with van der Waals surface area (Å²) in [5, 5.41) is 0. The zero-order valence-corrected chi connectivity index (χ0v) is 12.3. The fourth-order valence-electron chi connectivity index (χ4n) is 3.27. The molecule has 0 heterocycles. The fourth-order valence-corrected chi connectivity index (χ4v) is 3.27. The number of aryl methyl sites for hydroxylation is 1. The number of hydrogen-bond donors (Lipinski definition) is 0. The Morgan fingerprint density at radius 2 is 1.71 bits per heavy atom. The highest BCUT2D eigenvalue weighted by Gasteiger charge is 2.47. The van der Waals surface area contributed by atoms with Crippen LogP contribution in [0, 0.1) is 29.4 Å². The third-order valence-corrected chi connectivity index (χ3v) is 5.11. The van der Waals surface area contributed by atoms with Gasteiger partial charge in [0.05, 0.1) is 6.61 Å². The van der Waals surface area contributed by atoms with Crippen molar-refractivity contribution in [2.45, 2.75) is 39.5 Å². The SMILES string of the molecule is Cc1ccc(OCC23C=C(F)C(C)(CC2)CC3)c(F)c1F. The Morgan fingerprint density at radius 1 is 1.05 bits per heavy atom. The van der Waals surface area contributed by atoms with Crippen molar-refractivity contribution in [2.75, 3.05) is 6.61 Å². The molecular weight excluding hydrogens is 277 g/mol. The first-order valence-corrected chi connectivity index (χ1v) is 7.32. The van der Waals surface area contributed by atoms with Crippen molar-refractivity contribution in [2.24, 2.45) is 10.8 Å². The Bertz CT molecular complexity index is 598. The van der Waals surface area contributed by atoms with E-state index in [9.17, 15) is 13.2 Å². The molecule has 1 saturated carbocycles. The summed E-state index contributed by atoms with van der Waals surface area (Å²) in [4.78, 5) is 0. The fraction of sp³-hybridized carbons (Fsp3) is 0.529. The van der Waals surface area contributed by atoms with E-state index in [1.54, 1.807) is 6.08 Å². The predicted molar refractivity (Wildman–Crippen MR) is 74.8 cm³/mol. The number of allylic oxidation sites excluding steroid dienone is 1. The molecule has 4 rings (SSSR count). The molecule has 3 aliphatic rings. The Hall–Kier alpha value is -1.45. The van der Waals surface area contributed by atoms with Gasteiger partial charge in [0.25, 0.3) is 0 Å². The Balaban J connectivity index is 1.79. The molecule has 0 amide bonds.